The molecule has 1 N–H and O–H groups in total. The number of likely N-dealkylation sites (tertiary alicyclic amines) is 1. The highest BCUT2D eigenvalue weighted by Gasteiger charge is 2.26. The zero-order valence-corrected chi connectivity index (χ0v) is 22.6. The van der Waals surface area contributed by atoms with Gasteiger partial charge in [0.25, 0.3) is 0 Å². The van der Waals surface area contributed by atoms with Gasteiger partial charge in [-0.3, -0.25) is 4.79 Å². The van der Waals surface area contributed by atoms with E-state index < -0.39 is 13.9 Å². The lowest BCUT2D eigenvalue weighted by atomic mass is 10.1. The first-order valence-electron chi connectivity index (χ1n) is 12.1. The highest BCUT2D eigenvalue weighted by atomic mass is 35.5. The van der Waals surface area contributed by atoms with E-state index in [9.17, 15) is 9.18 Å². The molecule has 1 fully saturated rings. The van der Waals surface area contributed by atoms with Crippen molar-refractivity contribution in [2.45, 2.75) is 51.4 Å². The van der Waals surface area contributed by atoms with E-state index in [0.717, 1.165) is 18.9 Å². The van der Waals surface area contributed by atoms with Gasteiger partial charge in [-0.15, -0.1) is 0 Å². The van der Waals surface area contributed by atoms with Crippen LogP contribution in [0.15, 0.2) is 30.7 Å². The Bertz CT molecular complexity index is 1180. The largest absolute Gasteiger partial charge is 0.472 e. The molecule has 0 radical (unpaired) electrons. The lowest BCUT2D eigenvalue weighted by Gasteiger charge is -2.32. The number of fused-ring (bicyclic) bond motifs is 1. The van der Waals surface area contributed by atoms with Crippen LogP contribution in [0.2, 0.25) is 30.7 Å². The summed E-state index contributed by atoms with van der Waals surface area (Å²) in [5, 5.41) is 8.33. The van der Waals surface area contributed by atoms with Crippen molar-refractivity contribution in [2.75, 3.05) is 31.6 Å². The lowest BCUT2D eigenvalue weighted by Crippen LogP contribution is -2.46. The minimum absolute atomic E-state index is 0.0364. The van der Waals surface area contributed by atoms with Crippen molar-refractivity contribution in [2.24, 2.45) is 0 Å². The van der Waals surface area contributed by atoms with E-state index in [-0.39, 0.29) is 23.6 Å². The molecule has 4 rings (SSSR count). The standard InChI is InChI=1S/C24H32ClFN6O3Si/c1-36(2,3)8-7-34-16-32-23-21(12-30-32)24(29-15-28-23)35-20-5-4-6-31(14-20)22(33)13-27-19-10-17(25)9-18(26)11-19/h9-12,15,20,27H,4-8,13-14,16H2,1-3H3/t20-/m0/s1. The van der Waals surface area contributed by atoms with Gasteiger partial charge in [-0.05, 0) is 37.1 Å². The van der Waals surface area contributed by atoms with Gasteiger partial charge in [-0.1, -0.05) is 31.2 Å². The number of nitrogens with zero attached hydrogens (tertiary/aromatic N) is 5. The molecule has 1 atom stereocenters. The van der Waals surface area contributed by atoms with Crippen molar-refractivity contribution in [3.63, 3.8) is 0 Å². The molecular weight excluding hydrogens is 503 g/mol. The number of aromatic nitrogens is 4. The second-order valence-electron chi connectivity index (χ2n) is 10.1. The van der Waals surface area contributed by atoms with E-state index in [1.54, 1.807) is 21.8 Å². The topological polar surface area (TPSA) is 94.4 Å². The maximum Gasteiger partial charge on any atom is 0.241 e. The third-order valence-electron chi connectivity index (χ3n) is 5.92. The van der Waals surface area contributed by atoms with Gasteiger partial charge in [0, 0.05) is 31.9 Å². The van der Waals surface area contributed by atoms with E-state index in [1.807, 2.05) is 0 Å². The van der Waals surface area contributed by atoms with Crippen LogP contribution >= 0.6 is 11.6 Å². The Balaban J connectivity index is 1.33. The molecule has 9 nitrogen and oxygen atoms in total. The number of halogens is 2. The van der Waals surface area contributed by atoms with Gasteiger partial charge in [0.2, 0.25) is 11.8 Å². The number of ether oxygens (including phenoxy) is 2. The third-order valence-corrected chi connectivity index (χ3v) is 7.84. The summed E-state index contributed by atoms with van der Waals surface area (Å²) < 4.78 is 27.3. The number of hydrogen-bond donors (Lipinski definition) is 1. The van der Waals surface area contributed by atoms with E-state index in [0.29, 0.717) is 49.0 Å². The zero-order valence-electron chi connectivity index (χ0n) is 20.8. The fraction of sp³-hybridized carbons (Fsp3) is 0.500. The number of amides is 1. The smallest absolute Gasteiger partial charge is 0.241 e. The molecule has 2 aromatic heterocycles. The average molecular weight is 535 g/mol. The quantitative estimate of drug-likeness (QED) is 0.304. The molecule has 12 heteroatoms. The highest BCUT2D eigenvalue weighted by molar-refractivity contribution is 6.76. The van der Waals surface area contributed by atoms with Crippen LogP contribution in [-0.2, 0) is 16.3 Å². The van der Waals surface area contributed by atoms with E-state index >= 15 is 0 Å². The number of piperidine rings is 1. The first kappa shape index (κ1) is 26.3. The lowest BCUT2D eigenvalue weighted by molar-refractivity contribution is -0.131. The summed E-state index contributed by atoms with van der Waals surface area (Å²) >= 11 is 5.89. The van der Waals surface area contributed by atoms with Crippen molar-refractivity contribution in [3.8, 4) is 5.88 Å². The Hall–Kier alpha value is -2.76. The Kier molecular flexibility index (Phi) is 8.42. The number of rotatable bonds is 10. The fourth-order valence-corrected chi connectivity index (χ4v) is 4.93. The second kappa shape index (κ2) is 11.5. The molecule has 1 saturated heterocycles. The Morgan fingerprint density at radius 1 is 1.28 bits per heavy atom. The SMILES string of the molecule is C[Si](C)(C)CCOCn1ncc2c(O[C@H]3CCCN(C(=O)CNc4cc(F)cc(Cl)c4)C3)ncnc21. The summed E-state index contributed by atoms with van der Waals surface area (Å²) in [6.45, 7) is 9.06. The van der Waals surface area contributed by atoms with Crippen molar-refractivity contribution >= 4 is 42.3 Å². The molecule has 1 amide bonds. The number of carbonyl (C=O) groups excluding carboxylic acids is 1. The Morgan fingerprint density at radius 3 is 2.89 bits per heavy atom. The van der Waals surface area contributed by atoms with Gasteiger partial charge in [0.15, 0.2) is 5.65 Å². The number of anilines is 1. The molecule has 0 bridgehead atoms. The molecule has 1 aromatic carbocycles. The molecule has 0 unspecified atom stereocenters. The van der Waals surface area contributed by atoms with Crippen LogP contribution in [0.4, 0.5) is 10.1 Å². The molecule has 0 spiro atoms. The first-order chi connectivity index (χ1) is 17.2. The van der Waals surface area contributed by atoms with Crippen LogP contribution in [0.3, 0.4) is 0 Å². The maximum atomic E-state index is 13.5. The van der Waals surface area contributed by atoms with Crippen molar-refractivity contribution in [1.29, 1.82) is 0 Å². The van der Waals surface area contributed by atoms with Crippen LogP contribution in [0.1, 0.15) is 12.8 Å². The summed E-state index contributed by atoms with van der Waals surface area (Å²) in [5.74, 6) is -0.110. The van der Waals surface area contributed by atoms with Crippen molar-refractivity contribution < 1.29 is 18.7 Å². The summed E-state index contributed by atoms with van der Waals surface area (Å²) in [6, 6.07) is 5.19. The van der Waals surface area contributed by atoms with Gasteiger partial charge in [-0.2, -0.15) is 5.10 Å². The van der Waals surface area contributed by atoms with Gasteiger partial charge in [0.05, 0.1) is 19.3 Å². The summed E-state index contributed by atoms with van der Waals surface area (Å²) in [6.07, 6.45) is 4.54. The van der Waals surface area contributed by atoms with Crippen LogP contribution in [0, 0.1) is 5.82 Å². The Morgan fingerprint density at radius 2 is 2.11 bits per heavy atom. The van der Waals surface area contributed by atoms with E-state index in [2.05, 4.69) is 40.0 Å². The van der Waals surface area contributed by atoms with Gasteiger partial charge in [0.1, 0.15) is 30.4 Å². The average Bonchev–Trinajstić information content (AvgIpc) is 3.23. The molecule has 36 heavy (non-hydrogen) atoms. The molecule has 0 aliphatic carbocycles. The van der Waals surface area contributed by atoms with Gasteiger partial charge >= 0.3 is 0 Å². The second-order valence-corrected chi connectivity index (χ2v) is 16.2. The van der Waals surface area contributed by atoms with Gasteiger partial charge < -0.3 is 19.7 Å². The molecule has 1 aliphatic rings. The summed E-state index contributed by atoms with van der Waals surface area (Å²) in [7, 11) is -1.16. The predicted octanol–water partition coefficient (Wildman–Crippen LogP) is 4.41. The molecule has 3 aromatic rings. The van der Waals surface area contributed by atoms with Crippen LogP contribution < -0.4 is 10.1 Å². The highest BCUT2D eigenvalue weighted by Crippen LogP contribution is 2.25. The molecule has 1 aliphatic heterocycles. The first-order valence-corrected chi connectivity index (χ1v) is 16.1. The molecule has 3 heterocycles. The van der Waals surface area contributed by atoms with Crippen LogP contribution in [0.5, 0.6) is 5.88 Å². The Labute approximate surface area is 216 Å². The summed E-state index contributed by atoms with van der Waals surface area (Å²) in [5.41, 5.74) is 1.11. The van der Waals surface area contributed by atoms with E-state index in [4.69, 9.17) is 21.1 Å². The normalized spacial score (nSPS) is 16.4. The number of benzene rings is 1. The number of nitrogens with one attached hydrogen (secondary N) is 1. The monoisotopic (exact) mass is 534 g/mol. The minimum Gasteiger partial charge on any atom is -0.472 e. The van der Waals surface area contributed by atoms with E-state index in [1.165, 1.54) is 18.5 Å². The maximum absolute atomic E-state index is 13.5. The zero-order chi connectivity index (χ0) is 25.7. The van der Waals surface area contributed by atoms with Crippen LogP contribution in [-0.4, -0.2) is 71.0 Å². The third kappa shape index (κ3) is 7.14. The number of carbonyl (C=O) groups is 1. The van der Waals surface area contributed by atoms with Crippen molar-refractivity contribution in [3.05, 3.63) is 41.6 Å². The van der Waals surface area contributed by atoms with Crippen LogP contribution in [0.25, 0.3) is 11.0 Å². The minimum atomic E-state index is -1.16. The molecule has 194 valence electrons. The molecular formula is C24H32ClFN6O3Si. The fourth-order valence-electron chi connectivity index (χ4n) is 3.95. The van der Waals surface area contributed by atoms with Crippen molar-refractivity contribution in [1.82, 2.24) is 24.6 Å². The predicted molar refractivity (Wildman–Crippen MR) is 140 cm³/mol. The number of hydrogen-bond acceptors (Lipinski definition) is 7. The van der Waals surface area contributed by atoms with Gasteiger partial charge in [-0.25, -0.2) is 19.0 Å². The summed E-state index contributed by atoms with van der Waals surface area (Å²) in [4.78, 5) is 23.2. The molecule has 0 saturated carbocycles.